The summed E-state index contributed by atoms with van der Waals surface area (Å²) < 4.78 is 7.24. The third-order valence-electron chi connectivity index (χ3n) is 5.89. The Bertz CT molecular complexity index is 744. The minimum atomic E-state index is -2.67. The lowest BCUT2D eigenvalue weighted by Gasteiger charge is -2.45. The number of carbonyl (C=O) groups excluding carboxylic acids is 1. The summed E-state index contributed by atoms with van der Waals surface area (Å²) in [6.45, 7) is 14.6. The van der Waals surface area contributed by atoms with Crippen LogP contribution >= 0.6 is 0 Å². The number of hydrogen-bond acceptors (Lipinski definition) is 3. The predicted octanol–water partition coefficient (Wildman–Crippen LogP) is 4.50. The summed E-state index contributed by atoms with van der Waals surface area (Å²) in [5.74, 6) is 0.282. The van der Waals surface area contributed by atoms with Crippen molar-refractivity contribution in [3.05, 3.63) is 60.7 Å². The molecule has 164 valence electrons. The Kier molecular flexibility index (Phi) is 8.59. The first kappa shape index (κ1) is 24.5. The topological polar surface area (TPSA) is 29.5 Å². The molecule has 1 unspecified atom stereocenters. The molecule has 3 nitrogen and oxygen atoms in total. The zero-order valence-corrected chi connectivity index (χ0v) is 20.8. The number of benzene rings is 2. The molecule has 0 radical (unpaired) electrons. The Balaban J connectivity index is 2.62. The normalized spacial score (nSPS) is 13.6. The zero-order chi connectivity index (χ0) is 22.4. The molecular formula is C26H39NO2Si. The molecule has 0 saturated carbocycles. The molecule has 0 aliphatic rings. The Morgan fingerprint density at radius 1 is 0.967 bits per heavy atom. The fourth-order valence-corrected chi connectivity index (χ4v) is 8.69. The lowest BCUT2D eigenvalue weighted by Crippen LogP contribution is -2.68. The smallest absolute Gasteiger partial charge is 0.261 e. The largest absolute Gasteiger partial charge is 0.403 e. The first-order chi connectivity index (χ1) is 14.1. The van der Waals surface area contributed by atoms with Gasteiger partial charge in [-0.25, -0.2) is 0 Å². The number of likely N-dealkylation sites (N-methyl/N-ethyl adjacent to an activating group) is 1. The van der Waals surface area contributed by atoms with Crippen molar-refractivity contribution in [1.82, 2.24) is 4.90 Å². The van der Waals surface area contributed by atoms with Gasteiger partial charge in [0, 0.05) is 18.9 Å². The predicted molar refractivity (Wildman–Crippen MR) is 130 cm³/mol. The fourth-order valence-electron chi connectivity index (χ4n) is 4.02. The number of carbonyl (C=O) groups is 1. The fraction of sp³-hybridized carbons (Fsp3) is 0.500. The van der Waals surface area contributed by atoms with Gasteiger partial charge < -0.3 is 9.33 Å². The van der Waals surface area contributed by atoms with E-state index in [1.807, 2.05) is 13.8 Å². The summed E-state index contributed by atoms with van der Waals surface area (Å²) in [7, 11) is -0.574. The van der Waals surface area contributed by atoms with E-state index in [-0.39, 0.29) is 22.8 Å². The maximum absolute atomic E-state index is 12.7. The van der Waals surface area contributed by atoms with Crippen LogP contribution in [0.25, 0.3) is 0 Å². The molecule has 2 aromatic carbocycles. The van der Waals surface area contributed by atoms with E-state index in [0.717, 1.165) is 13.1 Å². The summed E-state index contributed by atoms with van der Waals surface area (Å²) in [4.78, 5) is 15.0. The van der Waals surface area contributed by atoms with Crippen molar-refractivity contribution in [2.45, 2.75) is 59.1 Å². The van der Waals surface area contributed by atoms with Gasteiger partial charge in [-0.15, -0.1) is 0 Å². The van der Waals surface area contributed by atoms with Gasteiger partial charge in [0.05, 0.1) is 6.10 Å². The van der Waals surface area contributed by atoms with Crippen LogP contribution in [0.2, 0.25) is 5.04 Å². The maximum atomic E-state index is 12.7. The number of ketones is 1. The first-order valence-electron chi connectivity index (χ1n) is 11.1. The number of nitrogens with zero attached hydrogens (tertiary/aromatic N) is 1. The number of hydrogen-bond donors (Lipinski definition) is 0. The van der Waals surface area contributed by atoms with Gasteiger partial charge in [-0.3, -0.25) is 4.79 Å². The number of Topliss-reactive ketones (excluding diaryl/α,β-unsaturated/α-hetero) is 1. The van der Waals surface area contributed by atoms with Gasteiger partial charge in [-0.05, 0) is 29.0 Å². The highest BCUT2D eigenvalue weighted by Gasteiger charge is 2.51. The highest BCUT2D eigenvalue weighted by molar-refractivity contribution is 6.99. The molecule has 0 fully saturated rings. The van der Waals surface area contributed by atoms with Crippen molar-refractivity contribution in [2.24, 2.45) is 5.92 Å². The van der Waals surface area contributed by atoms with Crippen molar-refractivity contribution in [3.8, 4) is 0 Å². The second kappa shape index (κ2) is 10.5. The average Bonchev–Trinajstić information content (AvgIpc) is 2.71. The van der Waals surface area contributed by atoms with Crippen molar-refractivity contribution in [3.63, 3.8) is 0 Å². The van der Waals surface area contributed by atoms with E-state index in [1.165, 1.54) is 10.4 Å². The van der Waals surface area contributed by atoms with E-state index in [9.17, 15) is 4.79 Å². The van der Waals surface area contributed by atoms with E-state index in [0.29, 0.717) is 6.42 Å². The number of rotatable bonds is 10. The summed E-state index contributed by atoms with van der Waals surface area (Å²) >= 11 is 0. The van der Waals surface area contributed by atoms with Crippen LogP contribution in [0.4, 0.5) is 0 Å². The Morgan fingerprint density at radius 2 is 1.43 bits per heavy atom. The maximum Gasteiger partial charge on any atom is 0.261 e. The van der Waals surface area contributed by atoms with Gasteiger partial charge in [-0.1, -0.05) is 102 Å². The molecule has 0 aliphatic heterocycles. The van der Waals surface area contributed by atoms with Crippen LogP contribution in [0.5, 0.6) is 0 Å². The monoisotopic (exact) mass is 425 g/mol. The molecule has 0 aromatic heterocycles. The van der Waals surface area contributed by atoms with Crippen molar-refractivity contribution in [2.75, 3.05) is 20.1 Å². The molecule has 1 atom stereocenters. The average molecular weight is 426 g/mol. The molecule has 0 saturated heterocycles. The Hall–Kier alpha value is -1.75. The van der Waals surface area contributed by atoms with Crippen LogP contribution < -0.4 is 10.4 Å². The van der Waals surface area contributed by atoms with Crippen LogP contribution in [0.3, 0.4) is 0 Å². The summed E-state index contributed by atoms with van der Waals surface area (Å²) in [5, 5.41) is 2.41. The second-order valence-corrected chi connectivity index (χ2v) is 13.8. The standard InChI is InChI=1S/C26H39NO2Si/c1-8-27(7)20-22(19-25(28)21(2)3)29-30(26(4,5)6,23-15-11-9-12-16-23)24-17-13-10-14-18-24/h9-18,21-22H,8,19-20H2,1-7H3. The minimum absolute atomic E-state index is 0.0159. The molecule has 0 spiro atoms. The van der Waals surface area contributed by atoms with Gasteiger partial charge in [0.25, 0.3) is 8.32 Å². The Labute approximate surface area is 184 Å². The van der Waals surface area contributed by atoms with Crippen LogP contribution in [0.15, 0.2) is 60.7 Å². The third kappa shape index (κ3) is 5.69. The summed E-state index contributed by atoms with van der Waals surface area (Å²) in [5.41, 5.74) is 0. The van der Waals surface area contributed by atoms with Crippen molar-refractivity contribution < 1.29 is 9.22 Å². The molecule has 4 heteroatoms. The van der Waals surface area contributed by atoms with E-state index in [1.54, 1.807) is 0 Å². The molecular weight excluding hydrogens is 386 g/mol. The van der Waals surface area contributed by atoms with Gasteiger partial charge in [-0.2, -0.15) is 0 Å². The quantitative estimate of drug-likeness (QED) is 0.525. The van der Waals surface area contributed by atoms with E-state index < -0.39 is 8.32 Å². The SMILES string of the molecule is CCN(C)CC(CC(=O)C(C)C)O[Si](c1ccccc1)(c1ccccc1)C(C)(C)C. The second-order valence-electron chi connectivity index (χ2n) is 9.58. The van der Waals surface area contributed by atoms with Crippen LogP contribution in [0.1, 0.15) is 48.0 Å². The van der Waals surface area contributed by atoms with E-state index in [2.05, 4.69) is 100 Å². The van der Waals surface area contributed by atoms with Gasteiger partial charge in [0.15, 0.2) is 0 Å². The van der Waals surface area contributed by atoms with Crippen LogP contribution in [0, 0.1) is 5.92 Å². The molecule has 2 rings (SSSR count). The molecule has 0 aliphatic carbocycles. The van der Waals surface area contributed by atoms with Crippen LogP contribution in [-0.2, 0) is 9.22 Å². The highest BCUT2D eigenvalue weighted by atomic mass is 28.4. The Morgan fingerprint density at radius 3 is 1.80 bits per heavy atom. The van der Waals surface area contributed by atoms with Crippen molar-refractivity contribution >= 4 is 24.5 Å². The van der Waals surface area contributed by atoms with Gasteiger partial charge >= 0.3 is 0 Å². The molecule has 0 heterocycles. The lowest BCUT2D eigenvalue weighted by atomic mass is 10.0. The van der Waals surface area contributed by atoms with E-state index >= 15 is 0 Å². The molecule has 0 N–H and O–H groups in total. The molecule has 30 heavy (non-hydrogen) atoms. The summed E-state index contributed by atoms with van der Waals surface area (Å²) in [6.07, 6.45) is 0.308. The summed E-state index contributed by atoms with van der Waals surface area (Å²) in [6, 6.07) is 21.3. The van der Waals surface area contributed by atoms with E-state index in [4.69, 9.17) is 4.43 Å². The highest BCUT2D eigenvalue weighted by Crippen LogP contribution is 2.38. The minimum Gasteiger partial charge on any atom is -0.403 e. The van der Waals surface area contributed by atoms with Crippen LogP contribution in [-0.4, -0.2) is 45.2 Å². The van der Waals surface area contributed by atoms with Gasteiger partial charge in [0.1, 0.15) is 5.78 Å². The van der Waals surface area contributed by atoms with Crippen molar-refractivity contribution in [1.29, 1.82) is 0 Å². The lowest BCUT2D eigenvalue weighted by molar-refractivity contribution is -0.123. The van der Waals surface area contributed by atoms with Gasteiger partial charge in [0.2, 0.25) is 0 Å². The molecule has 0 bridgehead atoms. The molecule has 0 amide bonds. The zero-order valence-electron chi connectivity index (χ0n) is 19.8. The third-order valence-corrected chi connectivity index (χ3v) is 11.0. The molecule has 2 aromatic rings. The first-order valence-corrected chi connectivity index (χ1v) is 13.0.